The summed E-state index contributed by atoms with van der Waals surface area (Å²) in [6.45, 7) is 7.47. The SMILES string of the molecule is CCOC(=O)c1c(NC(=O)c2nn(-c3ccccc3)nc2C)sc(C)c1C. The topological polar surface area (TPSA) is 86.1 Å². The van der Waals surface area contributed by atoms with Crippen LogP contribution in [0.25, 0.3) is 5.69 Å². The number of nitrogens with zero attached hydrogens (tertiary/aromatic N) is 3. The van der Waals surface area contributed by atoms with Gasteiger partial charge >= 0.3 is 5.97 Å². The second kappa shape index (κ2) is 7.71. The van der Waals surface area contributed by atoms with Crippen molar-refractivity contribution >= 4 is 28.2 Å². The Kier molecular flexibility index (Phi) is 5.36. The Hall–Kier alpha value is -3.00. The summed E-state index contributed by atoms with van der Waals surface area (Å²) in [6, 6.07) is 9.34. The zero-order chi connectivity index (χ0) is 19.6. The zero-order valence-electron chi connectivity index (χ0n) is 15.6. The summed E-state index contributed by atoms with van der Waals surface area (Å²) in [4.78, 5) is 27.4. The highest BCUT2D eigenvalue weighted by Crippen LogP contribution is 2.33. The van der Waals surface area contributed by atoms with Crippen LogP contribution in [0.1, 0.15) is 43.9 Å². The van der Waals surface area contributed by atoms with E-state index in [1.54, 1.807) is 13.8 Å². The molecule has 0 aliphatic carbocycles. The molecule has 1 amide bonds. The quantitative estimate of drug-likeness (QED) is 0.678. The van der Waals surface area contributed by atoms with Gasteiger partial charge in [-0.3, -0.25) is 4.79 Å². The normalized spacial score (nSPS) is 10.7. The van der Waals surface area contributed by atoms with E-state index in [2.05, 4.69) is 15.5 Å². The van der Waals surface area contributed by atoms with E-state index >= 15 is 0 Å². The molecule has 0 bridgehead atoms. The fourth-order valence-electron chi connectivity index (χ4n) is 2.59. The molecule has 0 saturated heterocycles. The predicted octanol–water partition coefficient (Wildman–Crippen LogP) is 3.68. The number of amides is 1. The van der Waals surface area contributed by atoms with E-state index in [-0.39, 0.29) is 12.3 Å². The standard InChI is InChI=1S/C19H20N4O3S/c1-5-26-19(25)15-11(2)13(4)27-18(15)20-17(24)16-12(3)21-23(22-16)14-9-7-6-8-10-14/h6-10H,5H2,1-4H3,(H,20,24). The Bertz CT molecular complexity index is 992. The number of benzene rings is 1. The smallest absolute Gasteiger partial charge is 0.341 e. The number of aromatic nitrogens is 3. The van der Waals surface area contributed by atoms with Crippen molar-refractivity contribution in [2.45, 2.75) is 27.7 Å². The molecule has 0 atom stereocenters. The lowest BCUT2D eigenvalue weighted by Gasteiger charge is -2.06. The number of rotatable bonds is 5. The highest BCUT2D eigenvalue weighted by atomic mass is 32.1. The van der Waals surface area contributed by atoms with Crippen LogP contribution in [0.4, 0.5) is 5.00 Å². The monoisotopic (exact) mass is 384 g/mol. The molecule has 0 spiro atoms. The number of anilines is 1. The molecule has 27 heavy (non-hydrogen) atoms. The number of para-hydroxylation sites is 1. The van der Waals surface area contributed by atoms with E-state index in [9.17, 15) is 9.59 Å². The maximum atomic E-state index is 12.8. The minimum Gasteiger partial charge on any atom is -0.462 e. The van der Waals surface area contributed by atoms with Crippen molar-refractivity contribution in [3.8, 4) is 5.69 Å². The average molecular weight is 384 g/mol. The van der Waals surface area contributed by atoms with Crippen LogP contribution < -0.4 is 5.32 Å². The summed E-state index contributed by atoms with van der Waals surface area (Å²) >= 11 is 1.34. The van der Waals surface area contributed by atoms with Gasteiger partial charge in [-0.15, -0.1) is 16.4 Å². The first-order valence-corrected chi connectivity index (χ1v) is 9.31. The predicted molar refractivity (Wildman–Crippen MR) is 104 cm³/mol. The largest absolute Gasteiger partial charge is 0.462 e. The summed E-state index contributed by atoms with van der Waals surface area (Å²) < 4.78 is 5.12. The molecule has 2 heterocycles. The van der Waals surface area contributed by atoms with E-state index in [1.165, 1.54) is 16.1 Å². The van der Waals surface area contributed by atoms with E-state index in [0.29, 0.717) is 16.3 Å². The third-order valence-corrected chi connectivity index (χ3v) is 5.20. The lowest BCUT2D eigenvalue weighted by Crippen LogP contribution is -2.16. The van der Waals surface area contributed by atoms with Crippen molar-refractivity contribution in [1.82, 2.24) is 15.0 Å². The Labute approximate surface area is 161 Å². The minimum absolute atomic E-state index is 0.206. The molecule has 1 aromatic carbocycles. The summed E-state index contributed by atoms with van der Waals surface area (Å²) in [7, 11) is 0. The van der Waals surface area contributed by atoms with Crippen LogP contribution in [0.5, 0.6) is 0 Å². The van der Waals surface area contributed by atoms with Gasteiger partial charge in [-0.1, -0.05) is 18.2 Å². The maximum Gasteiger partial charge on any atom is 0.341 e. The summed E-state index contributed by atoms with van der Waals surface area (Å²) in [5.41, 5.74) is 2.66. The van der Waals surface area contributed by atoms with Crippen molar-refractivity contribution in [3.63, 3.8) is 0 Å². The molecule has 8 heteroatoms. The van der Waals surface area contributed by atoms with Gasteiger partial charge in [0.2, 0.25) is 0 Å². The third-order valence-electron chi connectivity index (χ3n) is 4.08. The van der Waals surface area contributed by atoms with E-state index in [4.69, 9.17) is 4.74 Å². The van der Waals surface area contributed by atoms with Gasteiger partial charge in [-0.2, -0.15) is 9.90 Å². The maximum absolute atomic E-state index is 12.8. The second-order valence-corrected chi connectivity index (χ2v) is 7.15. The van der Waals surface area contributed by atoms with Gasteiger partial charge in [0, 0.05) is 4.88 Å². The Morgan fingerprint density at radius 1 is 1.15 bits per heavy atom. The first-order valence-electron chi connectivity index (χ1n) is 8.50. The molecule has 1 N–H and O–H groups in total. The van der Waals surface area contributed by atoms with Crippen molar-refractivity contribution in [2.24, 2.45) is 0 Å². The van der Waals surface area contributed by atoms with Crippen molar-refractivity contribution in [3.05, 3.63) is 57.7 Å². The molecule has 0 aliphatic heterocycles. The number of nitrogens with one attached hydrogen (secondary N) is 1. The van der Waals surface area contributed by atoms with Gasteiger partial charge in [0.25, 0.3) is 5.91 Å². The van der Waals surface area contributed by atoms with Crippen LogP contribution in [-0.4, -0.2) is 33.5 Å². The molecule has 7 nitrogen and oxygen atoms in total. The minimum atomic E-state index is -0.445. The van der Waals surface area contributed by atoms with E-state index in [1.807, 2.05) is 44.2 Å². The van der Waals surface area contributed by atoms with Crippen LogP contribution in [-0.2, 0) is 4.74 Å². The zero-order valence-corrected chi connectivity index (χ0v) is 16.4. The number of hydrogen-bond donors (Lipinski definition) is 1. The van der Waals surface area contributed by atoms with Crippen LogP contribution in [0, 0.1) is 20.8 Å². The highest BCUT2D eigenvalue weighted by Gasteiger charge is 2.24. The first kappa shape index (κ1) is 18.8. The molecule has 0 radical (unpaired) electrons. The van der Waals surface area contributed by atoms with Crippen LogP contribution in [0.15, 0.2) is 30.3 Å². The molecule has 2 aromatic heterocycles. The van der Waals surface area contributed by atoms with Crippen molar-refractivity contribution < 1.29 is 14.3 Å². The van der Waals surface area contributed by atoms with Gasteiger partial charge in [-0.25, -0.2) is 4.79 Å². The van der Waals surface area contributed by atoms with Gasteiger partial charge in [0.15, 0.2) is 5.69 Å². The second-order valence-electron chi connectivity index (χ2n) is 5.92. The summed E-state index contributed by atoms with van der Waals surface area (Å²) in [5, 5.41) is 11.9. The molecule has 0 unspecified atom stereocenters. The molecular formula is C19H20N4O3S. The third kappa shape index (κ3) is 3.75. The molecule has 3 rings (SSSR count). The van der Waals surface area contributed by atoms with Crippen molar-refractivity contribution in [2.75, 3.05) is 11.9 Å². The molecule has 140 valence electrons. The average Bonchev–Trinajstić information content (AvgIpc) is 3.16. The first-order chi connectivity index (χ1) is 12.9. The molecule has 3 aromatic rings. The summed E-state index contributed by atoms with van der Waals surface area (Å²) in [6.07, 6.45) is 0. The number of esters is 1. The number of ether oxygens (including phenoxy) is 1. The number of carbonyl (C=O) groups excluding carboxylic acids is 2. The lowest BCUT2D eigenvalue weighted by molar-refractivity contribution is 0.0527. The van der Waals surface area contributed by atoms with Gasteiger partial charge < -0.3 is 10.1 Å². The Morgan fingerprint density at radius 2 is 1.85 bits per heavy atom. The lowest BCUT2D eigenvalue weighted by atomic mass is 10.1. The van der Waals surface area contributed by atoms with Gasteiger partial charge in [0.05, 0.1) is 23.6 Å². The van der Waals surface area contributed by atoms with Crippen LogP contribution >= 0.6 is 11.3 Å². The Morgan fingerprint density at radius 3 is 2.52 bits per heavy atom. The van der Waals surface area contributed by atoms with E-state index < -0.39 is 11.9 Å². The molecular weight excluding hydrogens is 364 g/mol. The van der Waals surface area contributed by atoms with Gasteiger partial charge in [0.1, 0.15) is 5.00 Å². The van der Waals surface area contributed by atoms with Crippen molar-refractivity contribution in [1.29, 1.82) is 0 Å². The molecule has 0 aliphatic rings. The van der Waals surface area contributed by atoms with Crippen LogP contribution in [0.2, 0.25) is 0 Å². The molecule has 0 fully saturated rings. The fraction of sp³-hybridized carbons (Fsp3) is 0.263. The fourth-order valence-corrected chi connectivity index (χ4v) is 3.64. The summed E-state index contributed by atoms with van der Waals surface area (Å²) in [5.74, 6) is -0.860. The number of carbonyl (C=O) groups is 2. The number of aryl methyl sites for hydroxylation is 2. The highest BCUT2D eigenvalue weighted by molar-refractivity contribution is 7.16. The number of thiophene rings is 1. The molecule has 0 saturated carbocycles. The van der Waals surface area contributed by atoms with E-state index in [0.717, 1.165) is 16.1 Å². The van der Waals surface area contributed by atoms with Crippen LogP contribution in [0.3, 0.4) is 0 Å². The Balaban J connectivity index is 1.90. The number of hydrogen-bond acceptors (Lipinski definition) is 6. The van der Waals surface area contributed by atoms with Gasteiger partial charge in [-0.05, 0) is 45.4 Å².